The molecule has 0 spiro atoms. The van der Waals surface area contributed by atoms with E-state index in [2.05, 4.69) is 9.88 Å². The minimum atomic E-state index is -3.34. The molecule has 0 saturated carbocycles. The lowest BCUT2D eigenvalue weighted by Crippen LogP contribution is -2.39. The third kappa shape index (κ3) is 3.18. The van der Waals surface area contributed by atoms with Crippen molar-refractivity contribution in [1.82, 2.24) is 9.88 Å². The monoisotopic (exact) mass is 271 g/mol. The van der Waals surface area contributed by atoms with Gasteiger partial charge in [-0.05, 0) is 6.07 Å². The molecule has 1 aliphatic rings. The molecule has 6 nitrogen and oxygen atoms in total. The van der Waals surface area contributed by atoms with Crippen molar-refractivity contribution in [2.45, 2.75) is 4.90 Å². The molecular formula is C11H17N3O3S. The zero-order chi connectivity index (χ0) is 13.0. The first kappa shape index (κ1) is 13.3. The summed E-state index contributed by atoms with van der Waals surface area (Å²) in [6.45, 7) is 3.39. The molecule has 1 aromatic rings. The van der Waals surface area contributed by atoms with Crippen LogP contribution >= 0.6 is 0 Å². The van der Waals surface area contributed by atoms with Gasteiger partial charge in [0.15, 0.2) is 9.84 Å². The van der Waals surface area contributed by atoms with Crippen LogP contribution < -0.4 is 5.73 Å². The molecule has 1 aromatic heterocycles. The first-order valence-electron chi connectivity index (χ1n) is 5.82. The number of sulfone groups is 1. The molecule has 0 aromatic carbocycles. The molecular weight excluding hydrogens is 254 g/mol. The van der Waals surface area contributed by atoms with E-state index >= 15 is 0 Å². The number of nitrogen functional groups attached to an aromatic ring is 1. The van der Waals surface area contributed by atoms with E-state index in [1.165, 1.54) is 18.5 Å². The quantitative estimate of drug-likeness (QED) is 0.814. The third-order valence-electron chi connectivity index (χ3n) is 2.93. The molecule has 1 aliphatic heterocycles. The highest BCUT2D eigenvalue weighted by Crippen LogP contribution is 2.17. The van der Waals surface area contributed by atoms with E-state index < -0.39 is 9.84 Å². The molecule has 0 amide bonds. The number of rotatable bonds is 4. The molecule has 0 unspecified atom stereocenters. The van der Waals surface area contributed by atoms with Crippen LogP contribution in [0.15, 0.2) is 23.4 Å². The zero-order valence-corrected chi connectivity index (χ0v) is 10.9. The van der Waals surface area contributed by atoms with Crippen LogP contribution in [0, 0.1) is 0 Å². The molecule has 18 heavy (non-hydrogen) atoms. The van der Waals surface area contributed by atoms with Gasteiger partial charge in [-0.25, -0.2) is 8.42 Å². The van der Waals surface area contributed by atoms with E-state index in [0.29, 0.717) is 19.8 Å². The van der Waals surface area contributed by atoms with Crippen LogP contribution in [0.4, 0.5) is 5.69 Å². The number of hydrogen-bond donors (Lipinski definition) is 1. The fourth-order valence-electron chi connectivity index (χ4n) is 1.86. The summed E-state index contributed by atoms with van der Waals surface area (Å²) in [7, 11) is -3.34. The molecule has 1 fully saturated rings. The van der Waals surface area contributed by atoms with Crippen molar-refractivity contribution in [2.24, 2.45) is 0 Å². The van der Waals surface area contributed by atoms with Crippen molar-refractivity contribution in [3.8, 4) is 0 Å². The summed E-state index contributed by atoms with van der Waals surface area (Å²) in [5.74, 6) is 0.0706. The fraction of sp³-hybridized carbons (Fsp3) is 0.545. The lowest BCUT2D eigenvalue weighted by molar-refractivity contribution is 0.0408. The minimum Gasteiger partial charge on any atom is -0.396 e. The predicted octanol–water partition coefficient (Wildman–Crippen LogP) is -0.230. The van der Waals surface area contributed by atoms with Gasteiger partial charge in [-0.2, -0.15) is 0 Å². The van der Waals surface area contributed by atoms with Gasteiger partial charge in [-0.1, -0.05) is 0 Å². The molecule has 0 bridgehead atoms. The number of hydrogen-bond acceptors (Lipinski definition) is 6. The molecule has 0 atom stereocenters. The standard InChI is InChI=1S/C11H17N3O3S/c12-10-9-13-2-1-11(10)18(15,16)8-5-14-3-6-17-7-4-14/h1-2,9H,3-8,12H2. The van der Waals surface area contributed by atoms with Gasteiger partial charge >= 0.3 is 0 Å². The van der Waals surface area contributed by atoms with Gasteiger partial charge in [0.2, 0.25) is 0 Å². The summed E-state index contributed by atoms with van der Waals surface area (Å²) in [6.07, 6.45) is 2.81. The summed E-state index contributed by atoms with van der Waals surface area (Å²) < 4.78 is 29.5. The number of morpholine rings is 1. The summed E-state index contributed by atoms with van der Waals surface area (Å²) in [4.78, 5) is 6.05. The third-order valence-corrected chi connectivity index (χ3v) is 4.69. The van der Waals surface area contributed by atoms with Crippen molar-refractivity contribution in [1.29, 1.82) is 0 Å². The van der Waals surface area contributed by atoms with Gasteiger partial charge < -0.3 is 10.5 Å². The molecule has 100 valence electrons. The molecule has 7 heteroatoms. The minimum absolute atomic E-state index is 0.0706. The van der Waals surface area contributed by atoms with Gasteiger partial charge in [0.25, 0.3) is 0 Å². The van der Waals surface area contributed by atoms with Gasteiger partial charge in [0.1, 0.15) is 0 Å². The van der Waals surface area contributed by atoms with Crippen LogP contribution in [0.25, 0.3) is 0 Å². The number of pyridine rings is 1. The topological polar surface area (TPSA) is 85.5 Å². The Labute approximate surface area is 107 Å². The molecule has 2 heterocycles. The number of ether oxygens (including phenoxy) is 1. The molecule has 0 aliphatic carbocycles. The second kappa shape index (κ2) is 5.64. The van der Waals surface area contributed by atoms with Crippen LogP contribution in [-0.4, -0.2) is 56.9 Å². The Morgan fingerprint density at radius 3 is 2.78 bits per heavy atom. The SMILES string of the molecule is Nc1cnccc1S(=O)(=O)CCN1CCOCC1. The highest BCUT2D eigenvalue weighted by Gasteiger charge is 2.20. The highest BCUT2D eigenvalue weighted by atomic mass is 32.2. The van der Waals surface area contributed by atoms with Crippen molar-refractivity contribution in [3.05, 3.63) is 18.5 Å². The number of aromatic nitrogens is 1. The second-order valence-electron chi connectivity index (χ2n) is 4.19. The number of anilines is 1. The van der Waals surface area contributed by atoms with Crippen molar-refractivity contribution in [3.63, 3.8) is 0 Å². The molecule has 1 saturated heterocycles. The van der Waals surface area contributed by atoms with Gasteiger partial charge in [0, 0.05) is 25.8 Å². The Morgan fingerprint density at radius 2 is 2.11 bits per heavy atom. The summed E-state index contributed by atoms with van der Waals surface area (Å²) in [5, 5.41) is 0. The average molecular weight is 271 g/mol. The van der Waals surface area contributed by atoms with Crippen LogP contribution in [0.1, 0.15) is 0 Å². The van der Waals surface area contributed by atoms with Crippen LogP contribution in [-0.2, 0) is 14.6 Å². The van der Waals surface area contributed by atoms with Crippen LogP contribution in [0.5, 0.6) is 0 Å². The van der Waals surface area contributed by atoms with Crippen LogP contribution in [0.3, 0.4) is 0 Å². The van der Waals surface area contributed by atoms with E-state index in [1.54, 1.807) is 0 Å². The smallest absolute Gasteiger partial charge is 0.181 e. The van der Waals surface area contributed by atoms with Gasteiger partial charge in [0.05, 0.1) is 35.7 Å². The number of nitrogens with zero attached hydrogens (tertiary/aromatic N) is 2. The van der Waals surface area contributed by atoms with Gasteiger partial charge in [-0.15, -0.1) is 0 Å². The Bertz CT molecular complexity index is 498. The maximum atomic E-state index is 12.1. The van der Waals surface area contributed by atoms with Crippen LogP contribution in [0.2, 0.25) is 0 Å². The molecule has 2 rings (SSSR count). The highest BCUT2D eigenvalue weighted by molar-refractivity contribution is 7.91. The largest absolute Gasteiger partial charge is 0.396 e. The van der Waals surface area contributed by atoms with Crippen molar-refractivity contribution < 1.29 is 13.2 Å². The summed E-state index contributed by atoms with van der Waals surface area (Å²) >= 11 is 0. The first-order valence-corrected chi connectivity index (χ1v) is 7.47. The van der Waals surface area contributed by atoms with E-state index in [0.717, 1.165) is 13.1 Å². The average Bonchev–Trinajstić information content (AvgIpc) is 2.38. The maximum absolute atomic E-state index is 12.1. The maximum Gasteiger partial charge on any atom is 0.181 e. The predicted molar refractivity (Wildman–Crippen MR) is 68.0 cm³/mol. The fourth-order valence-corrected chi connectivity index (χ4v) is 3.26. The Hall–Kier alpha value is -1.18. The Kier molecular flexibility index (Phi) is 4.15. The van der Waals surface area contributed by atoms with E-state index in [-0.39, 0.29) is 16.3 Å². The van der Waals surface area contributed by atoms with Crippen molar-refractivity contribution in [2.75, 3.05) is 44.3 Å². The van der Waals surface area contributed by atoms with E-state index in [4.69, 9.17) is 10.5 Å². The lowest BCUT2D eigenvalue weighted by Gasteiger charge is -2.26. The lowest BCUT2D eigenvalue weighted by atomic mass is 10.4. The van der Waals surface area contributed by atoms with E-state index in [1.807, 2.05) is 0 Å². The first-order chi connectivity index (χ1) is 8.59. The zero-order valence-electron chi connectivity index (χ0n) is 10.1. The Morgan fingerprint density at radius 1 is 1.39 bits per heavy atom. The van der Waals surface area contributed by atoms with Crippen molar-refractivity contribution >= 4 is 15.5 Å². The molecule has 0 radical (unpaired) electrons. The normalized spacial score (nSPS) is 17.8. The Balaban J connectivity index is 2.01. The number of nitrogens with two attached hydrogens (primary N) is 1. The van der Waals surface area contributed by atoms with Gasteiger partial charge in [-0.3, -0.25) is 9.88 Å². The molecule has 2 N–H and O–H groups in total. The summed E-state index contributed by atoms with van der Waals surface area (Å²) in [6, 6.07) is 1.45. The van der Waals surface area contributed by atoms with E-state index in [9.17, 15) is 8.42 Å². The summed E-state index contributed by atoms with van der Waals surface area (Å²) in [5.41, 5.74) is 5.85. The second-order valence-corrected chi connectivity index (χ2v) is 6.26.